The highest BCUT2D eigenvalue weighted by molar-refractivity contribution is 7.90. The van der Waals surface area contributed by atoms with Crippen LogP contribution in [-0.2, 0) is 9.84 Å². The molecule has 140 valence electrons. The van der Waals surface area contributed by atoms with Crippen molar-refractivity contribution >= 4 is 27.1 Å². The zero-order chi connectivity index (χ0) is 19.6. The van der Waals surface area contributed by atoms with Crippen molar-refractivity contribution in [3.63, 3.8) is 0 Å². The summed E-state index contributed by atoms with van der Waals surface area (Å²) < 4.78 is 23.1. The lowest BCUT2D eigenvalue weighted by Gasteiger charge is -2.14. The number of aryl methyl sites for hydroxylation is 1. The first-order valence-electron chi connectivity index (χ1n) is 8.25. The van der Waals surface area contributed by atoms with Crippen LogP contribution in [0.25, 0.3) is 10.7 Å². The molecule has 0 unspecified atom stereocenters. The number of benzene rings is 1. The Hall–Kier alpha value is -2.58. The number of nitrogens with zero attached hydrogens (tertiary/aromatic N) is 2. The largest absolute Gasteiger partial charge is 0.345 e. The summed E-state index contributed by atoms with van der Waals surface area (Å²) in [6, 6.07) is 11.8. The molecule has 1 aromatic carbocycles. The average molecular weight is 402 g/mol. The maximum atomic E-state index is 12.7. The maximum Gasteiger partial charge on any atom is 0.263 e. The van der Waals surface area contributed by atoms with Gasteiger partial charge in [0.15, 0.2) is 9.84 Å². The van der Waals surface area contributed by atoms with Gasteiger partial charge in [-0.25, -0.2) is 13.4 Å². The zero-order valence-corrected chi connectivity index (χ0v) is 16.8. The van der Waals surface area contributed by atoms with Gasteiger partial charge in [-0.15, -0.1) is 11.3 Å². The van der Waals surface area contributed by atoms with E-state index >= 15 is 0 Å². The Morgan fingerprint density at radius 3 is 2.44 bits per heavy atom. The van der Waals surface area contributed by atoms with E-state index in [1.165, 1.54) is 17.6 Å². The van der Waals surface area contributed by atoms with Crippen molar-refractivity contribution in [2.75, 3.05) is 6.26 Å². The molecule has 2 aromatic heterocycles. The minimum Gasteiger partial charge on any atom is -0.345 e. The smallest absolute Gasteiger partial charge is 0.263 e. The summed E-state index contributed by atoms with van der Waals surface area (Å²) in [6.45, 7) is 3.65. The molecule has 0 saturated heterocycles. The van der Waals surface area contributed by atoms with Crippen molar-refractivity contribution in [3.8, 4) is 10.7 Å². The molecular weight excluding hydrogens is 382 g/mol. The molecule has 6 nitrogen and oxygen atoms in total. The third-order valence-electron chi connectivity index (χ3n) is 4.04. The molecule has 8 heteroatoms. The highest BCUT2D eigenvalue weighted by Crippen LogP contribution is 2.27. The van der Waals surface area contributed by atoms with Crippen LogP contribution in [0.15, 0.2) is 53.6 Å². The van der Waals surface area contributed by atoms with E-state index in [1.807, 2.05) is 25.1 Å². The van der Waals surface area contributed by atoms with Crippen LogP contribution in [-0.4, -0.2) is 30.5 Å². The van der Waals surface area contributed by atoms with E-state index in [2.05, 4.69) is 15.3 Å². The number of amides is 1. The Morgan fingerprint density at radius 2 is 1.85 bits per heavy atom. The molecule has 3 rings (SSSR count). The van der Waals surface area contributed by atoms with Crippen molar-refractivity contribution in [2.24, 2.45) is 0 Å². The SMILES string of the molecule is Cc1nc(-c2ccccn2)sc1C(=O)N[C@@H](C)c1ccc(S(C)(=O)=O)cc1. The van der Waals surface area contributed by atoms with E-state index in [-0.39, 0.29) is 16.8 Å². The molecule has 0 aliphatic carbocycles. The predicted molar refractivity (Wildman–Crippen MR) is 106 cm³/mol. The maximum absolute atomic E-state index is 12.7. The van der Waals surface area contributed by atoms with Gasteiger partial charge >= 0.3 is 0 Å². The average Bonchev–Trinajstić information content (AvgIpc) is 3.04. The molecule has 0 saturated carbocycles. The Bertz CT molecular complexity index is 1060. The van der Waals surface area contributed by atoms with Gasteiger partial charge in [-0.2, -0.15) is 0 Å². The summed E-state index contributed by atoms with van der Waals surface area (Å²) in [5.41, 5.74) is 2.20. The van der Waals surface area contributed by atoms with Crippen LogP contribution in [0.1, 0.15) is 33.9 Å². The van der Waals surface area contributed by atoms with E-state index in [4.69, 9.17) is 0 Å². The number of sulfone groups is 1. The van der Waals surface area contributed by atoms with Gasteiger partial charge in [-0.1, -0.05) is 18.2 Å². The van der Waals surface area contributed by atoms with Crippen molar-refractivity contribution in [1.29, 1.82) is 0 Å². The van der Waals surface area contributed by atoms with Gasteiger partial charge in [-0.05, 0) is 43.7 Å². The Balaban J connectivity index is 1.76. The van der Waals surface area contributed by atoms with Gasteiger partial charge in [0.05, 0.1) is 22.3 Å². The highest BCUT2D eigenvalue weighted by Gasteiger charge is 2.19. The lowest BCUT2D eigenvalue weighted by Crippen LogP contribution is -2.26. The minimum absolute atomic E-state index is 0.216. The lowest BCUT2D eigenvalue weighted by atomic mass is 10.1. The fraction of sp³-hybridized carbons (Fsp3) is 0.211. The molecule has 0 bridgehead atoms. The summed E-state index contributed by atoms with van der Waals surface area (Å²) in [5, 5.41) is 3.64. The van der Waals surface area contributed by atoms with E-state index in [1.54, 1.807) is 37.4 Å². The molecule has 3 aromatic rings. The van der Waals surface area contributed by atoms with E-state index in [0.29, 0.717) is 15.6 Å². The standard InChI is InChI=1S/C19H19N3O3S2/c1-12(14-7-9-15(10-8-14)27(3,24)25)21-18(23)17-13(2)22-19(26-17)16-6-4-5-11-20-16/h4-12H,1-3H3,(H,21,23)/t12-/m0/s1. The quantitative estimate of drug-likeness (QED) is 0.708. The monoisotopic (exact) mass is 401 g/mol. The number of hydrogen-bond donors (Lipinski definition) is 1. The summed E-state index contributed by atoms with van der Waals surface area (Å²) in [5.74, 6) is -0.216. The molecule has 1 atom stereocenters. The summed E-state index contributed by atoms with van der Waals surface area (Å²) >= 11 is 1.30. The summed E-state index contributed by atoms with van der Waals surface area (Å²) in [4.78, 5) is 22.2. The van der Waals surface area contributed by atoms with Crippen molar-refractivity contribution in [3.05, 3.63) is 64.8 Å². The van der Waals surface area contributed by atoms with Crippen molar-refractivity contribution < 1.29 is 13.2 Å². The van der Waals surface area contributed by atoms with E-state index in [9.17, 15) is 13.2 Å². The van der Waals surface area contributed by atoms with Crippen molar-refractivity contribution in [1.82, 2.24) is 15.3 Å². The van der Waals surface area contributed by atoms with Crippen LogP contribution >= 0.6 is 11.3 Å². The number of nitrogens with one attached hydrogen (secondary N) is 1. The second-order valence-electron chi connectivity index (χ2n) is 6.18. The van der Waals surface area contributed by atoms with Crippen LogP contribution in [0.2, 0.25) is 0 Å². The molecular formula is C19H19N3O3S2. The number of hydrogen-bond acceptors (Lipinski definition) is 6. The number of rotatable bonds is 5. The van der Waals surface area contributed by atoms with Crippen LogP contribution in [0.5, 0.6) is 0 Å². The fourth-order valence-electron chi connectivity index (χ4n) is 2.56. The second-order valence-corrected chi connectivity index (χ2v) is 9.20. The van der Waals surface area contributed by atoms with Gasteiger partial charge in [-0.3, -0.25) is 9.78 Å². The van der Waals surface area contributed by atoms with E-state index in [0.717, 1.165) is 11.3 Å². The molecule has 0 radical (unpaired) electrons. The second kappa shape index (κ2) is 7.58. The third kappa shape index (κ3) is 4.40. The van der Waals surface area contributed by atoms with Gasteiger partial charge in [0.25, 0.3) is 5.91 Å². The first-order chi connectivity index (χ1) is 12.8. The molecule has 2 heterocycles. The number of thiazole rings is 1. The normalized spacial score (nSPS) is 12.6. The molecule has 0 fully saturated rings. The van der Waals surface area contributed by atoms with Crippen LogP contribution in [0.4, 0.5) is 0 Å². The molecule has 27 heavy (non-hydrogen) atoms. The number of pyridine rings is 1. The number of carbonyl (C=O) groups excluding carboxylic acids is 1. The lowest BCUT2D eigenvalue weighted by molar-refractivity contribution is 0.0943. The first-order valence-corrected chi connectivity index (χ1v) is 11.0. The topological polar surface area (TPSA) is 89.0 Å². The molecule has 1 N–H and O–H groups in total. The van der Waals surface area contributed by atoms with Gasteiger partial charge in [0.2, 0.25) is 0 Å². The highest BCUT2D eigenvalue weighted by atomic mass is 32.2. The van der Waals surface area contributed by atoms with Gasteiger partial charge < -0.3 is 5.32 Å². The predicted octanol–water partition coefficient (Wildman–Crippen LogP) is 3.41. The van der Waals surface area contributed by atoms with Crippen LogP contribution in [0.3, 0.4) is 0 Å². The van der Waals surface area contributed by atoms with Gasteiger partial charge in [0, 0.05) is 12.5 Å². The third-order valence-corrected chi connectivity index (χ3v) is 6.35. The summed E-state index contributed by atoms with van der Waals surface area (Å²) in [6.07, 6.45) is 2.85. The Morgan fingerprint density at radius 1 is 1.15 bits per heavy atom. The number of aromatic nitrogens is 2. The molecule has 0 spiro atoms. The minimum atomic E-state index is -3.24. The Kier molecular flexibility index (Phi) is 5.38. The summed E-state index contributed by atoms with van der Waals surface area (Å²) in [7, 11) is -3.24. The van der Waals surface area contributed by atoms with Crippen molar-refractivity contribution in [2.45, 2.75) is 24.8 Å². The zero-order valence-electron chi connectivity index (χ0n) is 15.1. The number of carbonyl (C=O) groups is 1. The van der Waals surface area contributed by atoms with Crippen LogP contribution in [0, 0.1) is 6.92 Å². The molecule has 1 amide bonds. The van der Waals surface area contributed by atoms with Crippen LogP contribution < -0.4 is 5.32 Å². The molecule has 0 aliphatic rings. The molecule has 0 aliphatic heterocycles. The fourth-order valence-corrected chi connectivity index (χ4v) is 4.13. The van der Waals surface area contributed by atoms with E-state index < -0.39 is 9.84 Å². The Labute approximate surface area is 162 Å². The van der Waals surface area contributed by atoms with Gasteiger partial charge in [0.1, 0.15) is 9.88 Å². The first kappa shape index (κ1) is 19.2.